The Labute approximate surface area is 123 Å². The van der Waals surface area contributed by atoms with Crippen LogP contribution in [0.25, 0.3) is 10.9 Å². The standard InChI is InChI=1S/C17H17N3O/c1-11-7-8-12(9-16(11)21)19-17-14(10-18)13-5-3-4-6-15(13)20(17)2/h3-6,9,11,19H,7-8H2,1-2H3. The van der Waals surface area contributed by atoms with Crippen molar-refractivity contribution in [2.24, 2.45) is 13.0 Å². The van der Waals surface area contributed by atoms with Gasteiger partial charge in [-0.15, -0.1) is 0 Å². The van der Waals surface area contributed by atoms with Gasteiger partial charge in [-0.1, -0.05) is 25.1 Å². The van der Waals surface area contributed by atoms with Crippen molar-refractivity contribution in [3.05, 3.63) is 41.6 Å². The van der Waals surface area contributed by atoms with Crippen molar-refractivity contribution in [2.45, 2.75) is 19.8 Å². The van der Waals surface area contributed by atoms with Crippen LogP contribution in [0, 0.1) is 17.2 Å². The number of allylic oxidation sites excluding steroid dienone is 2. The number of carbonyl (C=O) groups excluding carboxylic acids is 1. The molecule has 1 aliphatic carbocycles. The quantitative estimate of drug-likeness (QED) is 0.917. The summed E-state index contributed by atoms with van der Waals surface area (Å²) in [6.07, 6.45) is 3.36. The Morgan fingerprint density at radius 3 is 2.86 bits per heavy atom. The van der Waals surface area contributed by atoms with Crippen molar-refractivity contribution >= 4 is 22.5 Å². The van der Waals surface area contributed by atoms with Gasteiger partial charge in [0.05, 0.1) is 5.52 Å². The van der Waals surface area contributed by atoms with E-state index in [1.54, 1.807) is 6.08 Å². The second-order valence-corrected chi connectivity index (χ2v) is 5.55. The third-order valence-electron chi connectivity index (χ3n) is 4.15. The monoisotopic (exact) mass is 279 g/mol. The van der Waals surface area contributed by atoms with E-state index in [0.717, 1.165) is 35.3 Å². The Bertz CT molecular complexity index is 792. The van der Waals surface area contributed by atoms with Crippen LogP contribution in [0.4, 0.5) is 5.82 Å². The predicted molar refractivity (Wildman–Crippen MR) is 82.7 cm³/mol. The van der Waals surface area contributed by atoms with E-state index in [2.05, 4.69) is 11.4 Å². The first-order valence-electron chi connectivity index (χ1n) is 7.10. The minimum atomic E-state index is 0.0958. The van der Waals surface area contributed by atoms with Gasteiger partial charge in [0.25, 0.3) is 0 Å². The van der Waals surface area contributed by atoms with E-state index in [0.29, 0.717) is 5.56 Å². The lowest BCUT2D eigenvalue weighted by Crippen LogP contribution is -2.18. The maximum absolute atomic E-state index is 11.8. The molecule has 0 aliphatic heterocycles. The Morgan fingerprint density at radius 2 is 2.14 bits per heavy atom. The molecule has 2 aromatic rings. The van der Waals surface area contributed by atoms with E-state index >= 15 is 0 Å². The lowest BCUT2D eigenvalue weighted by Gasteiger charge is -2.19. The maximum atomic E-state index is 11.8. The average molecular weight is 279 g/mol. The number of fused-ring (bicyclic) bond motifs is 1. The van der Waals surface area contributed by atoms with Crippen LogP contribution in [0.2, 0.25) is 0 Å². The van der Waals surface area contributed by atoms with Crippen LogP contribution in [0.3, 0.4) is 0 Å². The molecule has 0 spiro atoms. The molecule has 0 saturated heterocycles. The summed E-state index contributed by atoms with van der Waals surface area (Å²) in [5, 5.41) is 13.7. The Kier molecular flexibility index (Phi) is 3.26. The van der Waals surface area contributed by atoms with Crippen LogP contribution < -0.4 is 5.32 Å². The van der Waals surface area contributed by atoms with Crippen molar-refractivity contribution in [3.8, 4) is 6.07 Å². The fraction of sp³-hybridized carbons (Fsp3) is 0.294. The first-order valence-corrected chi connectivity index (χ1v) is 7.10. The van der Waals surface area contributed by atoms with Crippen LogP contribution in [0.1, 0.15) is 25.3 Å². The van der Waals surface area contributed by atoms with Gasteiger partial charge in [0.15, 0.2) is 5.78 Å². The number of anilines is 1. The molecule has 21 heavy (non-hydrogen) atoms. The van der Waals surface area contributed by atoms with Crippen LogP contribution >= 0.6 is 0 Å². The molecular formula is C17H17N3O. The number of nitrogens with one attached hydrogen (secondary N) is 1. The number of benzene rings is 1. The van der Waals surface area contributed by atoms with E-state index in [1.807, 2.05) is 42.8 Å². The largest absolute Gasteiger partial charge is 0.344 e. The molecule has 1 heterocycles. The van der Waals surface area contributed by atoms with Gasteiger partial charge in [0.2, 0.25) is 0 Å². The summed E-state index contributed by atoms with van der Waals surface area (Å²) in [5.74, 6) is 1.01. The van der Waals surface area contributed by atoms with Crippen molar-refractivity contribution < 1.29 is 4.79 Å². The number of aromatic nitrogens is 1. The topological polar surface area (TPSA) is 57.8 Å². The number of ketones is 1. The first-order chi connectivity index (χ1) is 10.1. The summed E-state index contributed by atoms with van der Waals surface area (Å²) in [5.41, 5.74) is 2.52. The van der Waals surface area contributed by atoms with Gasteiger partial charge in [-0.25, -0.2) is 0 Å². The molecule has 0 saturated carbocycles. The second-order valence-electron chi connectivity index (χ2n) is 5.55. The summed E-state index contributed by atoms with van der Waals surface area (Å²) >= 11 is 0. The van der Waals surface area contributed by atoms with Crippen molar-refractivity contribution in [1.29, 1.82) is 5.26 Å². The van der Waals surface area contributed by atoms with E-state index in [4.69, 9.17) is 0 Å². The lowest BCUT2D eigenvalue weighted by molar-refractivity contribution is -0.118. The number of carbonyl (C=O) groups is 1. The highest BCUT2D eigenvalue weighted by Gasteiger charge is 2.20. The van der Waals surface area contributed by atoms with Crippen LogP contribution in [-0.4, -0.2) is 10.4 Å². The highest BCUT2D eigenvalue weighted by atomic mass is 16.1. The fourth-order valence-corrected chi connectivity index (χ4v) is 2.80. The van der Waals surface area contributed by atoms with Crippen molar-refractivity contribution in [2.75, 3.05) is 5.32 Å². The third-order valence-corrected chi connectivity index (χ3v) is 4.15. The van der Waals surface area contributed by atoms with Gasteiger partial charge in [-0.3, -0.25) is 4.79 Å². The van der Waals surface area contributed by atoms with Gasteiger partial charge in [-0.2, -0.15) is 5.26 Å². The van der Waals surface area contributed by atoms with Crippen LogP contribution in [-0.2, 0) is 11.8 Å². The molecule has 1 aromatic carbocycles. The summed E-state index contributed by atoms with van der Waals surface area (Å²) in [6, 6.07) is 10.1. The summed E-state index contributed by atoms with van der Waals surface area (Å²) < 4.78 is 1.97. The molecule has 1 unspecified atom stereocenters. The van der Waals surface area contributed by atoms with Gasteiger partial charge in [-0.05, 0) is 18.9 Å². The molecular weight excluding hydrogens is 262 g/mol. The number of hydrogen-bond donors (Lipinski definition) is 1. The molecule has 0 bridgehead atoms. The van der Waals surface area contributed by atoms with Crippen molar-refractivity contribution in [1.82, 2.24) is 4.57 Å². The maximum Gasteiger partial charge on any atom is 0.160 e. The molecule has 0 fully saturated rings. The highest BCUT2D eigenvalue weighted by Crippen LogP contribution is 2.31. The van der Waals surface area contributed by atoms with E-state index in [9.17, 15) is 10.1 Å². The molecule has 4 heteroatoms. The normalized spacial score (nSPS) is 18.4. The smallest absolute Gasteiger partial charge is 0.160 e. The van der Waals surface area contributed by atoms with Gasteiger partial charge >= 0.3 is 0 Å². The molecule has 106 valence electrons. The van der Waals surface area contributed by atoms with Gasteiger partial charge < -0.3 is 9.88 Å². The van der Waals surface area contributed by atoms with Gasteiger partial charge in [0, 0.05) is 30.1 Å². The number of nitriles is 1. The van der Waals surface area contributed by atoms with E-state index in [-0.39, 0.29) is 11.7 Å². The predicted octanol–water partition coefficient (Wildman–Crippen LogP) is 3.34. The minimum Gasteiger partial charge on any atom is -0.344 e. The molecule has 4 nitrogen and oxygen atoms in total. The molecule has 0 amide bonds. The summed E-state index contributed by atoms with van der Waals surface area (Å²) in [4.78, 5) is 11.8. The number of aryl methyl sites for hydroxylation is 1. The Hall–Kier alpha value is -2.54. The molecule has 1 aromatic heterocycles. The zero-order valence-corrected chi connectivity index (χ0v) is 12.2. The SMILES string of the molecule is CC1CCC(Nc2c(C#N)c3ccccc3n2C)=CC1=O. The Morgan fingerprint density at radius 1 is 1.38 bits per heavy atom. The lowest BCUT2D eigenvalue weighted by atomic mass is 9.93. The number of para-hydroxylation sites is 1. The molecule has 1 atom stereocenters. The number of rotatable bonds is 2. The zero-order valence-electron chi connectivity index (χ0n) is 12.2. The van der Waals surface area contributed by atoms with E-state index in [1.165, 1.54) is 0 Å². The highest BCUT2D eigenvalue weighted by molar-refractivity contribution is 5.95. The van der Waals surface area contributed by atoms with E-state index < -0.39 is 0 Å². The fourth-order valence-electron chi connectivity index (χ4n) is 2.80. The van der Waals surface area contributed by atoms with Crippen LogP contribution in [0.5, 0.6) is 0 Å². The second kappa shape index (κ2) is 5.10. The zero-order chi connectivity index (χ0) is 15.0. The van der Waals surface area contributed by atoms with Gasteiger partial charge in [0.1, 0.15) is 17.5 Å². The number of hydrogen-bond acceptors (Lipinski definition) is 3. The molecule has 3 rings (SSSR count). The van der Waals surface area contributed by atoms with Crippen LogP contribution in [0.15, 0.2) is 36.0 Å². The Balaban J connectivity index is 2.06. The van der Waals surface area contributed by atoms with Crippen molar-refractivity contribution in [3.63, 3.8) is 0 Å². The summed E-state index contributed by atoms with van der Waals surface area (Å²) in [6.45, 7) is 1.95. The third kappa shape index (κ3) is 2.21. The molecule has 1 aliphatic rings. The number of nitrogens with zero attached hydrogens (tertiary/aromatic N) is 2. The first kappa shape index (κ1) is 13.4. The average Bonchev–Trinajstić information content (AvgIpc) is 2.76. The minimum absolute atomic E-state index is 0.0958. The molecule has 1 N–H and O–H groups in total. The summed E-state index contributed by atoms with van der Waals surface area (Å²) in [7, 11) is 1.93. The molecule has 0 radical (unpaired) electrons.